The minimum atomic E-state index is 0.270. The second-order valence-corrected chi connectivity index (χ2v) is 5.41. The normalized spacial score (nSPS) is 28.1. The van der Waals surface area contributed by atoms with Crippen molar-refractivity contribution in [2.45, 2.75) is 26.7 Å². The molecule has 2 atom stereocenters. The Morgan fingerprint density at radius 1 is 1.53 bits per heavy atom. The van der Waals surface area contributed by atoms with Gasteiger partial charge in [0.2, 0.25) is 0 Å². The molecule has 0 unspecified atom stereocenters. The lowest BCUT2D eigenvalue weighted by molar-refractivity contribution is 0.558. The van der Waals surface area contributed by atoms with Gasteiger partial charge >= 0.3 is 0 Å². The Morgan fingerprint density at radius 3 is 2.47 bits per heavy atom. The Bertz CT molecular complexity index is 395. The van der Waals surface area contributed by atoms with E-state index >= 15 is 0 Å². The van der Waals surface area contributed by atoms with Crippen molar-refractivity contribution in [2.75, 3.05) is 6.54 Å². The van der Waals surface area contributed by atoms with Crippen LogP contribution in [0, 0.1) is 18.3 Å². The van der Waals surface area contributed by atoms with Crippen LogP contribution in [0.1, 0.15) is 31.0 Å². The number of nitrogens with zero attached hydrogens (tertiary/aromatic N) is 2. The van der Waals surface area contributed by atoms with E-state index < -0.39 is 0 Å². The standard InChI is InChI=1S/C11H18ClN3/c1-6-8(10(12)15(4)14-6)9-7(5-13)11(9,2)3/h7,9H,5,13H2,1-4H3/t7-,9+/m0/s1. The van der Waals surface area contributed by atoms with E-state index in [1.807, 2.05) is 14.0 Å². The van der Waals surface area contributed by atoms with E-state index in [0.29, 0.717) is 11.8 Å². The molecule has 0 aliphatic heterocycles. The van der Waals surface area contributed by atoms with Gasteiger partial charge in [-0.05, 0) is 30.7 Å². The van der Waals surface area contributed by atoms with Crippen LogP contribution in [0.3, 0.4) is 0 Å². The second kappa shape index (κ2) is 3.22. The molecule has 2 N–H and O–H groups in total. The molecule has 1 aromatic rings. The van der Waals surface area contributed by atoms with E-state index in [1.54, 1.807) is 4.68 Å². The number of aryl methyl sites for hydroxylation is 2. The first kappa shape index (κ1) is 11.0. The third kappa shape index (κ3) is 1.41. The minimum Gasteiger partial charge on any atom is -0.330 e. The molecule has 3 nitrogen and oxygen atoms in total. The highest BCUT2D eigenvalue weighted by Gasteiger charge is 2.58. The van der Waals surface area contributed by atoms with Crippen molar-refractivity contribution < 1.29 is 0 Å². The van der Waals surface area contributed by atoms with Gasteiger partial charge in [0.1, 0.15) is 5.15 Å². The number of hydrogen-bond acceptors (Lipinski definition) is 2. The lowest BCUT2D eigenvalue weighted by Gasteiger charge is -2.02. The zero-order valence-electron chi connectivity index (χ0n) is 9.71. The smallest absolute Gasteiger partial charge is 0.130 e. The van der Waals surface area contributed by atoms with Crippen LogP contribution in [0.15, 0.2) is 0 Å². The first-order valence-corrected chi connectivity index (χ1v) is 5.68. The first-order valence-electron chi connectivity index (χ1n) is 5.30. The molecule has 0 spiro atoms. The van der Waals surface area contributed by atoms with Crippen molar-refractivity contribution in [3.05, 3.63) is 16.4 Å². The summed E-state index contributed by atoms with van der Waals surface area (Å²) in [5.74, 6) is 1.02. The molecular formula is C11H18ClN3. The van der Waals surface area contributed by atoms with Crippen LogP contribution >= 0.6 is 11.6 Å². The van der Waals surface area contributed by atoms with E-state index in [-0.39, 0.29) is 5.41 Å². The quantitative estimate of drug-likeness (QED) is 0.841. The summed E-state index contributed by atoms with van der Waals surface area (Å²) in [5.41, 5.74) is 8.28. The largest absolute Gasteiger partial charge is 0.330 e. The summed E-state index contributed by atoms with van der Waals surface area (Å²) in [6.45, 7) is 7.24. The van der Waals surface area contributed by atoms with Gasteiger partial charge in [0.25, 0.3) is 0 Å². The number of hydrogen-bond donors (Lipinski definition) is 1. The fraction of sp³-hybridized carbons (Fsp3) is 0.727. The van der Waals surface area contributed by atoms with Crippen molar-refractivity contribution in [1.82, 2.24) is 9.78 Å². The van der Waals surface area contributed by atoms with E-state index in [0.717, 1.165) is 17.4 Å². The Labute approximate surface area is 95.6 Å². The van der Waals surface area contributed by atoms with Crippen LogP contribution in [0.25, 0.3) is 0 Å². The monoisotopic (exact) mass is 227 g/mol. The summed E-state index contributed by atoms with van der Waals surface area (Å²) in [5, 5.41) is 5.12. The lowest BCUT2D eigenvalue weighted by Crippen LogP contribution is -2.05. The van der Waals surface area contributed by atoms with E-state index in [4.69, 9.17) is 17.3 Å². The van der Waals surface area contributed by atoms with Gasteiger partial charge in [0, 0.05) is 12.6 Å². The molecule has 1 fully saturated rings. The van der Waals surface area contributed by atoms with Gasteiger partial charge in [-0.2, -0.15) is 5.10 Å². The summed E-state index contributed by atoms with van der Waals surface area (Å²) in [7, 11) is 1.88. The highest BCUT2D eigenvalue weighted by molar-refractivity contribution is 6.30. The number of nitrogens with two attached hydrogens (primary N) is 1. The van der Waals surface area contributed by atoms with Gasteiger partial charge < -0.3 is 5.73 Å². The minimum absolute atomic E-state index is 0.270. The first-order chi connectivity index (χ1) is 6.91. The van der Waals surface area contributed by atoms with Crippen molar-refractivity contribution in [2.24, 2.45) is 24.1 Å². The molecule has 2 rings (SSSR count). The Balaban J connectivity index is 2.40. The molecule has 0 saturated heterocycles. The molecule has 1 aliphatic carbocycles. The molecular weight excluding hydrogens is 210 g/mol. The predicted molar refractivity (Wildman–Crippen MR) is 62.0 cm³/mol. The predicted octanol–water partition coefficient (Wildman–Crippen LogP) is 2.08. The van der Waals surface area contributed by atoms with Crippen LogP contribution in [-0.4, -0.2) is 16.3 Å². The van der Waals surface area contributed by atoms with E-state index in [2.05, 4.69) is 18.9 Å². The van der Waals surface area contributed by atoms with Gasteiger partial charge in [-0.3, -0.25) is 4.68 Å². The molecule has 84 valence electrons. The van der Waals surface area contributed by atoms with Crippen LogP contribution in [0.5, 0.6) is 0 Å². The summed E-state index contributed by atoms with van der Waals surface area (Å²) >= 11 is 6.26. The highest BCUT2D eigenvalue weighted by atomic mass is 35.5. The molecule has 1 aliphatic rings. The summed E-state index contributed by atoms with van der Waals surface area (Å²) in [6.07, 6.45) is 0. The number of halogens is 1. The van der Waals surface area contributed by atoms with Crippen LogP contribution in [0.4, 0.5) is 0 Å². The lowest BCUT2D eigenvalue weighted by atomic mass is 10.0. The van der Waals surface area contributed by atoms with Gasteiger partial charge in [0.05, 0.1) is 5.69 Å². The number of rotatable bonds is 2. The Hall–Kier alpha value is -0.540. The van der Waals surface area contributed by atoms with E-state index in [9.17, 15) is 0 Å². The molecule has 1 aromatic heterocycles. The Morgan fingerprint density at radius 2 is 2.13 bits per heavy atom. The van der Waals surface area contributed by atoms with E-state index in [1.165, 1.54) is 5.56 Å². The van der Waals surface area contributed by atoms with Crippen molar-refractivity contribution in [1.29, 1.82) is 0 Å². The summed E-state index contributed by atoms with van der Waals surface area (Å²) in [4.78, 5) is 0. The molecule has 0 aromatic carbocycles. The maximum absolute atomic E-state index is 6.26. The molecule has 1 saturated carbocycles. The molecule has 0 bridgehead atoms. The van der Waals surface area contributed by atoms with Gasteiger partial charge in [-0.25, -0.2) is 0 Å². The van der Waals surface area contributed by atoms with Gasteiger partial charge in [0.15, 0.2) is 0 Å². The molecule has 1 heterocycles. The molecule has 4 heteroatoms. The molecule has 15 heavy (non-hydrogen) atoms. The maximum atomic E-state index is 6.26. The van der Waals surface area contributed by atoms with Crippen LogP contribution in [0.2, 0.25) is 5.15 Å². The third-order valence-electron chi connectivity index (χ3n) is 3.81. The Kier molecular flexibility index (Phi) is 2.36. The zero-order valence-corrected chi connectivity index (χ0v) is 10.5. The fourth-order valence-corrected chi connectivity index (χ4v) is 3.05. The SMILES string of the molecule is Cc1nn(C)c(Cl)c1[C@H]1[C@H](CN)C1(C)C. The zero-order chi connectivity index (χ0) is 11.4. The third-order valence-corrected chi connectivity index (χ3v) is 4.26. The molecule has 0 amide bonds. The average molecular weight is 228 g/mol. The number of aromatic nitrogens is 2. The van der Waals surface area contributed by atoms with Gasteiger partial charge in [-0.1, -0.05) is 25.4 Å². The van der Waals surface area contributed by atoms with Crippen molar-refractivity contribution >= 4 is 11.6 Å². The average Bonchev–Trinajstić information content (AvgIpc) is 2.58. The summed E-state index contributed by atoms with van der Waals surface area (Å²) < 4.78 is 1.74. The summed E-state index contributed by atoms with van der Waals surface area (Å²) in [6, 6.07) is 0. The highest BCUT2D eigenvalue weighted by Crippen LogP contribution is 2.65. The maximum Gasteiger partial charge on any atom is 0.130 e. The topological polar surface area (TPSA) is 43.8 Å². The van der Waals surface area contributed by atoms with Gasteiger partial charge in [-0.15, -0.1) is 0 Å². The second-order valence-electron chi connectivity index (χ2n) is 5.05. The fourth-order valence-electron chi connectivity index (χ4n) is 2.76. The van der Waals surface area contributed by atoms with Crippen LogP contribution < -0.4 is 5.73 Å². The van der Waals surface area contributed by atoms with Crippen LogP contribution in [-0.2, 0) is 7.05 Å². The van der Waals surface area contributed by atoms with Crippen molar-refractivity contribution in [3.8, 4) is 0 Å². The molecule has 0 radical (unpaired) electrons. The van der Waals surface area contributed by atoms with Crippen molar-refractivity contribution in [3.63, 3.8) is 0 Å².